The fraction of sp³-hybridized carbons (Fsp3) is 0.208. The van der Waals surface area contributed by atoms with Crippen molar-refractivity contribution in [2.75, 3.05) is 0 Å². The number of hydrogen-bond donors (Lipinski definition) is 1. The Labute approximate surface area is 190 Å². The van der Waals surface area contributed by atoms with E-state index in [4.69, 9.17) is 4.99 Å². The maximum Gasteiger partial charge on any atom is 0.416 e. The zero-order valence-corrected chi connectivity index (χ0v) is 17.8. The Morgan fingerprint density at radius 3 is 1.76 bits per heavy atom. The highest BCUT2D eigenvalue weighted by molar-refractivity contribution is 8.13. The van der Waals surface area contributed by atoms with Gasteiger partial charge in [-0.2, -0.15) is 26.3 Å². The van der Waals surface area contributed by atoms with Gasteiger partial charge in [0.1, 0.15) is 6.04 Å². The summed E-state index contributed by atoms with van der Waals surface area (Å²) in [5.74, 6) is -0.0954. The van der Waals surface area contributed by atoms with Crippen molar-refractivity contribution in [1.29, 1.82) is 0 Å². The summed E-state index contributed by atoms with van der Waals surface area (Å²) < 4.78 is 78.9. The number of nitrogens with one attached hydrogen (secondary N) is 1. The molecule has 0 aliphatic carbocycles. The predicted octanol–water partition coefficient (Wildman–Crippen LogP) is 7.40. The molecule has 0 saturated heterocycles. The smallest absolute Gasteiger partial charge is 0.356 e. The van der Waals surface area contributed by atoms with Crippen LogP contribution in [0.1, 0.15) is 39.9 Å². The van der Waals surface area contributed by atoms with Crippen molar-refractivity contribution >= 4 is 16.9 Å². The number of rotatable bonds is 4. The standard InChI is InChI=1S/C24H18F6N2S/c25-23(26,27)18-11-15(12-19(13-18)24(28,29)30)14-33-22-31-20(16-7-3-1-4-8-16)21(32-22)17-9-5-2-6-10-17/h1-13,20-21H,14H2,(H,31,32)/t20-,21+. The molecule has 3 aromatic carbocycles. The minimum atomic E-state index is -4.87. The highest BCUT2D eigenvalue weighted by atomic mass is 32.2. The van der Waals surface area contributed by atoms with E-state index in [1.54, 1.807) is 0 Å². The van der Waals surface area contributed by atoms with E-state index in [9.17, 15) is 26.3 Å². The van der Waals surface area contributed by atoms with Crippen LogP contribution in [0.3, 0.4) is 0 Å². The van der Waals surface area contributed by atoms with Gasteiger partial charge in [-0.15, -0.1) is 0 Å². The van der Waals surface area contributed by atoms with Crippen LogP contribution in [-0.4, -0.2) is 5.17 Å². The number of hydrogen-bond acceptors (Lipinski definition) is 3. The van der Waals surface area contributed by atoms with Crippen LogP contribution in [0.25, 0.3) is 0 Å². The molecule has 2 nitrogen and oxygen atoms in total. The molecule has 0 fully saturated rings. The third-order valence-corrected chi connectivity index (χ3v) is 6.15. The lowest BCUT2D eigenvalue weighted by molar-refractivity contribution is -0.143. The Bertz CT molecular complexity index is 1090. The van der Waals surface area contributed by atoms with Crippen LogP contribution in [0.4, 0.5) is 26.3 Å². The van der Waals surface area contributed by atoms with Crippen molar-refractivity contribution < 1.29 is 26.3 Å². The van der Waals surface area contributed by atoms with Crippen LogP contribution in [0.5, 0.6) is 0 Å². The first-order chi connectivity index (χ1) is 15.6. The largest absolute Gasteiger partial charge is 0.416 e. The monoisotopic (exact) mass is 480 g/mol. The van der Waals surface area contributed by atoms with Gasteiger partial charge in [0.15, 0.2) is 5.17 Å². The molecule has 172 valence electrons. The molecule has 0 unspecified atom stereocenters. The highest BCUT2D eigenvalue weighted by Gasteiger charge is 2.37. The van der Waals surface area contributed by atoms with E-state index in [0.717, 1.165) is 35.0 Å². The first kappa shape index (κ1) is 23.2. The van der Waals surface area contributed by atoms with Crippen LogP contribution in [0.2, 0.25) is 0 Å². The summed E-state index contributed by atoms with van der Waals surface area (Å²) in [5.41, 5.74) is -0.791. The Morgan fingerprint density at radius 2 is 1.24 bits per heavy atom. The molecule has 1 N–H and O–H groups in total. The van der Waals surface area contributed by atoms with E-state index in [1.807, 2.05) is 60.7 Å². The number of nitrogens with zero attached hydrogens (tertiary/aromatic N) is 1. The van der Waals surface area contributed by atoms with Crippen LogP contribution in [-0.2, 0) is 18.1 Å². The zero-order chi connectivity index (χ0) is 23.6. The topological polar surface area (TPSA) is 24.4 Å². The summed E-state index contributed by atoms with van der Waals surface area (Å²) in [5, 5.41) is 3.75. The van der Waals surface area contributed by atoms with Gasteiger partial charge in [0.25, 0.3) is 0 Å². The average Bonchev–Trinajstić information content (AvgIpc) is 3.22. The highest BCUT2D eigenvalue weighted by Crippen LogP contribution is 2.40. The molecule has 1 aliphatic heterocycles. The Morgan fingerprint density at radius 1 is 0.727 bits per heavy atom. The summed E-state index contributed by atoms with van der Waals surface area (Å²) in [7, 11) is 0. The summed E-state index contributed by atoms with van der Waals surface area (Å²) in [6.07, 6.45) is -9.75. The van der Waals surface area contributed by atoms with Crippen LogP contribution < -0.4 is 5.32 Å². The van der Waals surface area contributed by atoms with Crippen LogP contribution in [0, 0.1) is 0 Å². The summed E-state index contributed by atoms with van der Waals surface area (Å²) in [4.78, 5) is 4.70. The molecule has 0 aromatic heterocycles. The molecule has 3 aromatic rings. The lowest BCUT2D eigenvalue weighted by atomic mass is 9.95. The van der Waals surface area contributed by atoms with E-state index in [0.29, 0.717) is 5.17 Å². The first-order valence-electron chi connectivity index (χ1n) is 9.96. The second kappa shape index (κ2) is 9.13. The van der Waals surface area contributed by atoms with Crippen LogP contribution in [0.15, 0.2) is 83.9 Å². The molecule has 2 atom stereocenters. The third kappa shape index (κ3) is 5.52. The van der Waals surface area contributed by atoms with Gasteiger partial charge in [0.05, 0.1) is 17.2 Å². The van der Waals surface area contributed by atoms with E-state index >= 15 is 0 Å². The maximum atomic E-state index is 13.1. The van der Waals surface area contributed by atoms with Gasteiger partial charge >= 0.3 is 12.4 Å². The van der Waals surface area contributed by atoms with Crippen molar-refractivity contribution in [3.8, 4) is 0 Å². The van der Waals surface area contributed by atoms with Gasteiger partial charge in [-0.1, -0.05) is 72.4 Å². The number of aliphatic imine (C=N–C) groups is 1. The van der Waals surface area contributed by atoms with Crippen molar-refractivity contribution in [3.05, 3.63) is 107 Å². The maximum absolute atomic E-state index is 13.1. The van der Waals surface area contributed by atoms with Crippen LogP contribution >= 0.6 is 11.8 Å². The zero-order valence-electron chi connectivity index (χ0n) is 17.0. The van der Waals surface area contributed by atoms with Gasteiger partial charge in [-0.25, -0.2) is 0 Å². The van der Waals surface area contributed by atoms with E-state index in [1.165, 1.54) is 0 Å². The number of thioether (sulfide) groups is 1. The van der Waals surface area contributed by atoms with E-state index in [-0.39, 0.29) is 29.5 Å². The molecule has 0 saturated carbocycles. The predicted molar refractivity (Wildman–Crippen MR) is 117 cm³/mol. The normalized spacial score (nSPS) is 18.7. The fourth-order valence-electron chi connectivity index (χ4n) is 3.63. The van der Waals surface area contributed by atoms with Crippen molar-refractivity contribution in [2.45, 2.75) is 30.2 Å². The summed E-state index contributed by atoms with van der Waals surface area (Å²) >= 11 is 1.08. The van der Waals surface area contributed by atoms with Crippen molar-refractivity contribution in [1.82, 2.24) is 5.32 Å². The Kier molecular flexibility index (Phi) is 6.43. The molecule has 33 heavy (non-hydrogen) atoms. The molecular formula is C24H18F6N2S. The molecule has 9 heteroatoms. The minimum Gasteiger partial charge on any atom is -0.356 e. The van der Waals surface area contributed by atoms with E-state index in [2.05, 4.69) is 5.32 Å². The van der Waals surface area contributed by atoms with Gasteiger partial charge < -0.3 is 5.32 Å². The number of amidine groups is 1. The van der Waals surface area contributed by atoms with E-state index < -0.39 is 23.5 Å². The lowest BCUT2D eigenvalue weighted by Gasteiger charge is -2.19. The van der Waals surface area contributed by atoms with Gasteiger partial charge in [-0.3, -0.25) is 4.99 Å². The second-order valence-corrected chi connectivity index (χ2v) is 8.49. The quantitative estimate of drug-likeness (QED) is 0.394. The fourth-order valence-corrected chi connectivity index (χ4v) is 4.50. The molecule has 1 aliphatic rings. The number of halogens is 6. The molecule has 0 radical (unpaired) electrons. The van der Waals surface area contributed by atoms with Gasteiger partial charge in [0.2, 0.25) is 0 Å². The number of alkyl halides is 6. The van der Waals surface area contributed by atoms with Gasteiger partial charge in [-0.05, 0) is 34.9 Å². The summed E-state index contributed by atoms with van der Waals surface area (Å²) in [6, 6.07) is 20.2. The van der Waals surface area contributed by atoms with Gasteiger partial charge in [0, 0.05) is 5.75 Å². The molecule has 1 heterocycles. The Balaban J connectivity index is 1.59. The number of benzene rings is 3. The first-order valence-corrected chi connectivity index (χ1v) is 11.0. The average molecular weight is 480 g/mol. The third-order valence-electron chi connectivity index (χ3n) is 5.17. The second-order valence-electron chi connectivity index (χ2n) is 7.53. The summed E-state index contributed by atoms with van der Waals surface area (Å²) in [6.45, 7) is 0. The SMILES string of the molecule is FC(F)(F)c1cc(CSC2=N[C@@H](c3ccccc3)[C@@H](c3ccccc3)N2)cc(C(F)(F)F)c1. The van der Waals surface area contributed by atoms with Crippen molar-refractivity contribution in [2.24, 2.45) is 4.99 Å². The molecular weight excluding hydrogens is 462 g/mol. The minimum absolute atomic E-state index is 0.0777. The molecule has 0 bridgehead atoms. The molecule has 0 spiro atoms. The molecule has 0 amide bonds. The Hall–Kier alpha value is -2.94. The lowest BCUT2D eigenvalue weighted by Crippen LogP contribution is -2.22. The molecule has 4 rings (SSSR count). The van der Waals surface area contributed by atoms with Crippen molar-refractivity contribution in [3.63, 3.8) is 0 Å².